The number of rotatable bonds is 4. The number of aryl methyl sites for hydroxylation is 1. The van der Waals surface area contributed by atoms with Gasteiger partial charge < -0.3 is 15.2 Å². The van der Waals surface area contributed by atoms with Gasteiger partial charge in [-0.15, -0.1) is 0 Å². The first-order valence-corrected chi connectivity index (χ1v) is 5.87. The summed E-state index contributed by atoms with van der Waals surface area (Å²) < 4.78 is 2.08. The van der Waals surface area contributed by atoms with Crippen molar-refractivity contribution in [1.82, 2.24) is 4.57 Å². The van der Waals surface area contributed by atoms with Crippen molar-refractivity contribution in [3.8, 4) is 0 Å². The van der Waals surface area contributed by atoms with Crippen molar-refractivity contribution in [3.05, 3.63) is 48.3 Å². The van der Waals surface area contributed by atoms with Gasteiger partial charge in [0.05, 0.1) is 6.54 Å². The summed E-state index contributed by atoms with van der Waals surface area (Å²) in [6, 6.07) is 11.8. The van der Waals surface area contributed by atoms with Crippen molar-refractivity contribution in [2.75, 3.05) is 10.6 Å². The van der Waals surface area contributed by atoms with Gasteiger partial charge in [0.15, 0.2) is 0 Å². The van der Waals surface area contributed by atoms with Crippen LogP contribution in [0.4, 0.5) is 11.4 Å². The van der Waals surface area contributed by atoms with Crippen LogP contribution in [0, 0.1) is 0 Å². The van der Waals surface area contributed by atoms with Crippen molar-refractivity contribution in [2.45, 2.75) is 13.5 Å². The first kappa shape index (κ1) is 12.2. The van der Waals surface area contributed by atoms with Crippen molar-refractivity contribution in [3.63, 3.8) is 0 Å². The lowest BCUT2D eigenvalue weighted by Gasteiger charge is -2.08. The molecule has 2 aromatic rings. The number of anilines is 2. The molecule has 0 aliphatic rings. The molecule has 4 nitrogen and oxygen atoms in total. The smallest absolute Gasteiger partial charge is 0.221 e. The highest BCUT2D eigenvalue weighted by atomic mass is 16.1. The zero-order valence-electron chi connectivity index (χ0n) is 10.6. The predicted molar refractivity (Wildman–Crippen MR) is 73.5 cm³/mol. The zero-order chi connectivity index (χ0) is 13.0. The van der Waals surface area contributed by atoms with E-state index < -0.39 is 0 Å². The first-order valence-electron chi connectivity index (χ1n) is 5.87. The molecule has 1 amide bonds. The highest BCUT2D eigenvalue weighted by Gasteiger charge is 1.98. The normalized spacial score (nSPS) is 10.1. The van der Waals surface area contributed by atoms with Crippen molar-refractivity contribution in [1.29, 1.82) is 0 Å². The molecule has 0 radical (unpaired) electrons. The van der Waals surface area contributed by atoms with E-state index in [9.17, 15) is 4.79 Å². The summed E-state index contributed by atoms with van der Waals surface area (Å²) in [5, 5.41) is 6.07. The Morgan fingerprint density at radius 3 is 2.39 bits per heavy atom. The third-order valence-electron chi connectivity index (χ3n) is 2.73. The predicted octanol–water partition coefficient (Wildman–Crippen LogP) is 2.60. The molecule has 1 aromatic carbocycles. The quantitative estimate of drug-likeness (QED) is 0.867. The fourth-order valence-corrected chi connectivity index (χ4v) is 1.75. The Bertz CT molecular complexity index is 528. The fourth-order valence-electron chi connectivity index (χ4n) is 1.75. The lowest BCUT2D eigenvalue weighted by Crippen LogP contribution is -2.06. The molecule has 0 saturated carbocycles. The average molecular weight is 243 g/mol. The maximum Gasteiger partial charge on any atom is 0.221 e. The lowest BCUT2D eigenvalue weighted by atomic mass is 10.2. The molecule has 0 fully saturated rings. The number of benzene rings is 1. The molecule has 18 heavy (non-hydrogen) atoms. The number of nitrogens with zero attached hydrogens (tertiary/aromatic N) is 1. The van der Waals surface area contributed by atoms with E-state index in [1.807, 2.05) is 43.6 Å². The Labute approximate surface area is 107 Å². The summed E-state index contributed by atoms with van der Waals surface area (Å²) in [6.45, 7) is 2.28. The second-order valence-corrected chi connectivity index (χ2v) is 4.22. The van der Waals surface area contributed by atoms with E-state index in [0.29, 0.717) is 0 Å². The molecule has 2 rings (SSSR count). The molecule has 0 aliphatic heterocycles. The molecule has 0 bridgehead atoms. The maximum atomic E-state index is 10.9. The van der Waals surface area contributed by atoms with Crippen molar-refractivity contribution >= 4 is 17.3 Å². The van der Waals surface area contributed by atoms with Gasteiger partial charge in [0.1, 0.15) is 0 Å². The number of amides is 1. The van der Waals surface area contributed by atoms with Gasteiger partial charge in [-0.2, -0.15) is 0 Å². The summed E-state index contributed by atoms with van der Waals surface area (Å²) in [4.78, 5) is 10.9. The van der Waals surface area contributed by atoms with Crippen molar-refractivity contribution in [2.24, 2.45) is 7.05 Å². The molecule has 94 valence electrons. The van der Waals surface area contributed by atoms with Gasteiger partial charge in [-0.1, -0.05) is 0 Å². The summed E-state index contributed by atoms with van der Waals surface area (Å²) in [5.74, 6) is -0.0560. The third kappa shape index (κ3) is 3.13. The molecular formula is C14H17N3O. The number of aromatic nitrogens is 1. The van der Waals surface area contributed by atoms with Gasteiger partial charge in [0.25, 0.3) is 0 Å². The van der Waals surface area contributed by atoms with E-state index in [4.69, 9.17) is 0 Å². The van der Waals surface area contributed by atoms with Crippen LogP contribution >= 0.6 is 0 Å². The second kappa shape index (κ2) is 5.40. The number of hydrogen-bond acceptors (Lipinski definition) is 2. The van der Waals surface area contributed by atoms with E-state index in [2.05, 4.69) is 21.3 Å². The average Bonchev–Trinajstić information content (AvgIpc) is 2.73. The van der Waals surface area contributed by atoms with Gasteiger partial charge in [0, 0.05) is 37.2 Å². The van der Waals surface area contributed by atoms with Crippen LogP contribution in [0.5, 0.6) is 0 Å². The number of nitrogens with one attached hydrogen (secondary N) is 2. The van der Waals surface area contributed by atoms with E-state index in [1.54, 1.807) is 0 Å². The molecule has 1 aromatic heterocycles. The van der Waals surface area contributed by atoms with Gasteiger partial charge in [-0.05, 0) is 36.4 Å². The minimum atomic E-state index is -0.0560. The largest absolute Gasteiger partial charge is 0.379 e. The molecule has 2 N–H and O–H groups in total. The summed E-state index contributed by atoms with van der Waals surface area (Å²) in [7, 11) is 2.02. The van der Waals surface area contributed by atoms with Crippen LogP contribution in [0.3, 0.4) is 0 Å². The first-order chi connectivity index (χ1) is 8.65. The number of carbonyl (C=O) groups is 1. The molecule has 0 atom stereocenters. The van der Waals surface area contributed by atoms with E-state index in [-0.39, 0.29) is 5.91 Å². The highest BCUT2D eigenvalue weighted by molar-refractivity contribution is 5.88. The number of hydrogen-bond donors (Lipinski definition) is 2. The van der Waals surface area contributed by atoms with Crippen LogP contribution in [-0.4, -0.2) is 10.5 Å². The van der Waals surface area contributed by atoms with Gasteiger partial charge >= 0.3 is 0 Å². The van der Waals surface area contributed by atoms with Crippen LogP contribution in [0.2, 0.25) is 0 Å². The SMILES string of the molecule is CC(=O)Nc1ccc(NCc2cccn2C)cc1. The zero-order valence-corrected chi connectivity index (χ0v) is 10.6. The monoisotopic (exact) mass is 243 g/mol. The molecule has 4 heteroatoms. The van der Waals surface area contributed by atoms with Crippen LogP contribution in [0.25, 0.3) is 0 Å². The Balaban J connectivity index is 1.94. The Kier molecular flexibility index (Phi) is 3.67. The Hall–Kier alpha value is -2.23. The van der Waals surface area contributed by atoms with Crippen LogP contribution < -0.4 is 10.6 Å². The van der Waals surface area contributed by atoms with Crippen LogP contribution in [0.15, 0.2) is 42.6 Å². The van der Waals surface area contributed by atoms with Gasteiger partial charge in [-0.25, -0.2) is 0 Å². The third-order valence-corrected chi connectivity index (χ3v) is 2.73. The van der Waals surface area contributed by atoms with Crippen LogP contribution in [0.1, 0.15) is 12.6 Å². The summed E-state index contributed by atoms with van der Waals surface area (Å²) in [5.41, 5.74) is 3.07. The topological polar surface area (TPSA) is 46.1 Å². The Morgan fingerprint density at radius 2 is 1.83 bits per heavy atom. The number of carbonyl (C=O) groups excluding carboxylic acids is 1. The lowest BCUT2D eigenvalue weighted by molar-refractivity contribution is -0.114. The summed E-state index contributed by atoms with van der Waals surface area (Å²) in [6.07, 6.45) is 2.02. The molecule has 1 heterocycles. The fraction of sp³-hybridized carbons (Fsp3) is 0.214. The van der Waals surface area contributed by atoms with E-state index in [1.165, 1.54) is 12.6 Å². The van der Waals surface area contributed by atoms with Gasteiger partial charge in [0.2, 0.25) is 5.91 Å². The van der Waals surface area contributed by atoms with Gasteiger partial charge in [-0.3, -0.25) is 4.79 Å². The molecule has 0 unspecified atom stereocenters. The minimum Gasteiger partial charge on any atom is -0.379 e. The van der Waals surface area contributed by atoms with Crippen LogP contribution in [-0.2, 0) is 18.4 Å². The van der Waals surface area contributed by atoms with E-state index in [0.717, 1.165) is 17.9 Å². The van der Waals surface area contributed by atoms with Crippen molar-refractivity contribution < 1.29 is 4.79 Å². The van der Waals surface area contributed by atoms with E-state index >= 15 is 0 Å². The minimum absolute atomic E-state index is 0.0560. The highest BCUT2D eigenvalue weighted by Crippen LogP contribution is 2.14. The molecule has 0 saturated heterocycles. The second-order valence-electron chi connectivity index (χ2n) is 4.22. The maximum absolute atomic E-state index is 10.9. The molecule has 0 spiro atoms. The molecular weight excluding hydrogens is 226 g/mol. The summed E-state index contributed by atoms with van der Waals surface area (Å²) >= 11 is 0. The standard InChI is InChI=1S/C14H17N3O/c1-11(18)16-13-7-5-12(6-8-13)15-10-14-4-3-9-17(14)2/h3-9,15H,10H2,1-2H3,(H,16,18). The Morgan fingerprint density at radius 1 is 1.17 bits per heavy atom. The molecule has 0 aliphatic carbocycles.